The fourth-order valence-electron chi connectivity index (χ4n) is 1.44. The number of methoxy groups -OCH3 is 1. The van der Waals surface area contributed by atoms with Gasteiger partial charge < -0.3 is 15.4 Å². The normalized spacial score (nSPS) is 11.4. The van der Waals surface area contributed by atoms with Gasteiger partial charge in [0.05, 0.1) is 6.54 Å². The van der Waals surface area contributed by atoms with E-state index in [2.05, 4.69) is 20.6 Å². The third-order valence-corrected chi connectivity index (χ3v) is 2.59. The largest absolute Gasteiger partial charge is 0.385 e. The lowest BCUT2D eigenvalue weighted by Crippen LogP contribution is -2.38. The number of hydrogen-bond acceptors (Lipinski definition) is 3. The Bertz CT molecular complexity index is 381. The Morgan fingerprint density at radius 3 is 2.89 bits per heavy atom. The van der Waals surface area contributed by atoms with Crippen molar-refractivity contribution in [2.45, 2.75) is 19.9 Å². The highest BCUT2D eigenvalue weighted by Gasteiger charge is 1.97. The molecule has 0 aliphatic carbocycles. The van der Waals surface area contributed by atoms with Crippen LogP contribution in [0.15, 0.2) is 23.3 Å². The Kier molecular flexibility index (Phi) is 7.93. The first-order chi connectivity index (χ1) is 9.26. The summed E-state index contributed by atoms with van der Waals surface area (Å²) in [6.45, 7) is 5.01. The number of pyridine rings is 1. The van der Waals surface area contributed by atoms with Gasteiger partial charge in [-0.05, 0) is 25.0 Å². The van der Waals surface area contributed by atoms with E-state index in [0.717, 1.165) is 37.6 Å². The molecule has 19 heavy (non-hydrogen) atoms. The Morgan fingerprint density at radius 1 is 1.42 bits per heavy atom. The monoisotopic (exact) mass is 284 g/mol. The van der Waals surface area contributed by atoms with Crippen LogP contribution in [0.1, 0.15) is 18.9 Å². The van der Waals surface area contributed by atoms with Crippen LogP contribution in [0, 0.1) is 0 Å². The van der Waals surface area contributed by atoms with Crippen molar-refractivity contribution >= 4 is 17.6 Å². The van der Waals surface area contributed by atoms with Gasteiger partial charge in [-0.25, -0.2) is 9.98 Å². The zero-order valence-electron chi connectivity index (χ0n) is 11.4. The number of guanidine groups is 1. The molecule has 1 aromatic heterocycles. The van der Waals surface area contributed by atoms with Gasteiger partial charge in [-0.15, -0.1) is 0 Å². The average Bonchev–Trinajstić information content (AvgIpc) is 2.42. The van der Waals surface area contributed by atoms with Crippen LogP contribution in [0.4, 0.5) is 0 Å². The van der Waals surface area contributed by atoms with Crippen molar-refractivity contribution in [3.8, 4) is 0 Å². The Hall–Kier alpha value is -1.33. The topological polar surface area (TPSA) is 58.5 Å². The zero-order valence-corrected chi connectivity index (χ0v) is 12.2. The second-order valence-corrected chi connectivity index (χ2v) is 4.34. The Balaban J connectivity index is 2.45. The molecule has 0 spiro atoms. The van der Waals surface area contributed by atoms with Crippen molar-refractivity contribution in [1.29, 1.82) is 0 Å². The van der Waals surface area contributed by atoms with Crippen molar-refractivity contribution in [3.63, 3.8) is 0 Å². The molecule has 6 heteroatoms. The van der Waals surface area contributed by atoms with Crippen LogP contribution in [-0.2, 0) is 11.3 Å². The lowest BCUT2D eigenvalue weighted by molar-refractivity contribution is 0.195. The summed E-state index contributed by atoms with van der Waals surface area (Å²) >= 11 is 5.74. The summed E-state index contributed by atoms with van der Waals surface area (Å²) in [7, 11) is 1.70. The second kappa shape index (κ2) is 9.58. The molecular weight excluding hydrogens is 264 g/mol. The van der Waals surface area contributed by atoms with Crippen molar-refractivity contribution in [2.75, 3.05) is 26.8 Å². The average molecular weight is 285 g/mol. The molecule has 0 bridgehead atoms. The molecule has 0 saturated carbocycles. The van der Waals surface area contributed by atoms with E-state index in [1.165, 1.54) is 0 Å². The van der Waals surface area contributed by atoms with E-state index < -0.39 is 0 Å². The van der Waals surface area contributed by atoms with Gasteiger partial charge in [0.1, 0.15) is 5.15 Å². The molecule has 0 amide bonds. The number of halogens is 1. The molecule has 0 aromatic carbocycles. The van der Waals surface area contributed by atoms with Crippen molar-refractivity contribution in [1.82, 2.24) is 15.6 Å². The molecule has 1 aromatic rings. The minimum Gasteiger partial charge on any atom is -0.385 e. The highest BCUT2D eigenvalue weighted by Crippen LogP contribution is 2.05. The van der Waals surface area contributed by atoms with E-state index in [1.54, 1.807) is 19.4 Å². The number of nitrogens with zero attached hydrogens (tertiary/aromatic N) is 2. The number of aromatic nitrogens is 1. The number of aliphatic imine (C=N–C) groups is 1. The third-order valence-electron chi connectivity index (χ3n) is 2.37. The van der Waals surface area contributed by atoms with Crippen LogP contribution in [0.3, 0.4) is 0 Å². The maximum atomic E-state index is 5.74. The minimum absolute atomic E-state index is 0.498. The lowest BCUT2D eigenvalue weighted by atomic mass is 10.3. The molecule has 0 saturated heterocycles. The van der Waals surface area contributed by atoms with Gasteiger partial charge in [0.25, 0.3) is 0 Å². The summed E-state index contributed by atoms with van der Waals surface area (Å²) in [5, 5.41) is 6.94. The van der Waals surface area contributed by atoms with Gasteiger partial charge in [-0.1, -0.05) is 17.7 Å². The van der Waals surface area contributed by atoms with Crippen LogP contribution < -0.4 is 10.6 Å². The van der Waals surface area contributed by atoms with Crippen molar-refractivity contribution in [2.24, 2.45) is 4.99 Å². The van der Waals surface area contributed by atoms with Crippen LogP contribution in [0.25, 0.3) is 0 Å². The molecule has 0 aliphatic heterocycles. The molecule has 5 nitrogen and oxygen atoms in total. The maximum absolute atomic E-state index is 5.74. The smallest absolute Gasteiger partial charge is 0.191 e. The van der Waals surface area contributed by atoms with Gasteiger partial charge in [-0.2, -0.15) is 0 Å². The van der Waals surface area contributed by atoms with E-state index >= 15 is 0 Å². The van der Waals surface area contributed by atoms with Gasteiger partial charge in [0, 0.05) is 33.0 Å². The number of hydrogen-bond donors (Lipinski definition) is 2. The maximum Gasteiger partial charge on any atom is 0.191 e. The summed E-state index contributed by atoms with van der Waals surface area (Å²) in [6.07, 6.45) is 2.68. The SMILES string of the molecule is CCNC(=NCc1ccc(Cl)nc1)NCCCOC. The predicted octanol–water partition coefficient (Wildman–Crippen LogP) is 1.83. The fraction of sp³-hybridized carbons (Fsp3) is 0.538. The third kappa shape index (κ3) is 6.98. The van der Waals surface area contributed by atoms with Crippen LogP contribution >= 0.6 is 11.6 Å². The van der Waals surface area contributed by atoms with Crippen molar-refractivity contribution in [3.05, 3.63) is 29.0 Å². The Labute approximate surface area is 119 Å². The molecular formula is C13H21ClN4O. The van der Waals surface area contributed by atoms with Gasteiger partial charge in [0.15, 0.2) is 5.96 Å². The molecule has 0 radical (unpaired) electrons. The first-order valence-corrected chi connectivity index (χ1v) is 6.75. The van der Waals surface area contributed by atoms with E-state index in [9.17, 15) is 0 Å². The van der Waals surface area contributed by atoms with Crippen molar-refractivity contribution < 1.29 is 4.74 Å². The predicted molar refractivity (Wildman–Crippen MR) is 78.6 cm³/mol. The second-order valence-electron chi connectivity index (χ2n) is 3.96. The molecule has 1 rings (SSSR count). The lowest BCUT2D eigenvalue weighted by Gasteiger charge is -2.10. The first kappa shape index (κ1) is 15.7. The summed E-state index contributed by atoms with van der Waals surface area (Å²) in [6, 6.07) is 3.69. The highest BCUT2D eigenvalue weighted by atomic mass is 35.5. The summed E-state index contributed by atoms with van der Waals surface area (Å²) in [5.41, 5.74) is 1.03. The number of nitrogens with one attached hydrogen (secondary N) is 2. The first-order valence-electron chi connectivity index (χ1n) is 6.37. The van der Waals surface area contributed by atoms with E-state index in [1.807, 2.05) is 13.0 Å². The molecule has 0 fully saturated rings. The van der Waals surface area contributed by atoms with E-state index in [-0.39, 0.29) is 0 Å². The van der Waals surface area contributed by atoms with Gasteiger partial charge >= 0.3 is 0 Å². The molecule has 0 unspecified atom stereocenters. The standard InChI is InChI=1S/C13H21ClN4O/c1-3-15-13(16-7-4-8-19-2)18-10-11-5-6-12(14)17-9-11/h5-6,9H,3-4,7-8,10H2,1-2H3,(H2,15,16,18). The quantitative estimate of drug-likeness (QED) is 0.347. The molecule has 2 N–H and O–H groups in total. The highest BCUT2D eigenvalue weighted by molar-refractivity contribution is 6.29. The van der Waals surface area contributed by atoms with Crippen LogP contribution in [-0.4, -0.2) is 37.7 Å². The van der Waals surface area contributed by atoms with E-state index in [0.29, 0.717) is 11.7 Å². The Morgan fingerprint density at radius 2 is 2.26 bits per heavy atom. The fourth-order valence-corrected chi connectivity index (χ4v) is 1.55. The van der Waals surface area contributed by atoms with Gasteiger partial charge in [0.2, 0.25) is 0 Å². The zero-order chi connectivity index (χ0) is 13.9. The van der Waals surface area contributed by atoms with E-state index in [4.69, 9.17) is 16.3 Å². The molecule has 0 aliphatic rings. The molecule has 1 heterocycles. The number of ether oxygens (including phenoxy) is 1. The molecule has 0 atom stereocenters. The van der Waals surface area contributed by atoms with Crippen LogP contribution in [0.2, 0.25) is 5.15 Å². The summed E-state index contributed by atoms with van der Waals surface area (Å²) in [4.78, 5) is 8.51. The minimum atomic E-state index is 0.498. The number of rotatable bonds is 7. The van der Waals surface area contributed by atoms with Crippen LogP contribution in [0.5, 0.6) is 0 Å². The summed E-state index contributed by atoms with van der Waals surface area (Å²) < 4.78 is 5.00. The summed E-state index contributed by atoms with van der Waals surface area (Å²) in [5.74, 6) is 0.800. The molecule has 106 valence electrons. The van der Waals surface area contributed by atoms with Gasteiger partial charge in [-0.3, -0.25) is 0 Å².